The minimum absolute atomic E-state index is 0.0257. The molecule has 2 aromatic rings. The summed E-state index contributed by atoms with van der Waals surface area (Å²) in [5, 5.41) is 21.9. The largest absolute Gasteiger partial charge is 0.504 e. The number of aromatic amines is 2. The number of hydrogen-bond donors (Lipinski definition) is 5. The quantitative estimate of drug-likeness (QED) is 0.440. The van der Waals surface area contributed by atoms with Crippen molar-refractivity contribution in [2.24, 2.45) is 5.92 Å². The Balaban J connectivity index is 1.73. The zero-order valence-corrected chi connectivity index (χ0v) is 16.9. The summed E-state index contributed by atoms with van der Waals surface area (Å²) >= 11 is 0. The van der Waals surface area contributed by atoms with E-state index in [1.807, 2.05) is 0 Å². The summed E-state index contributed by atoms with van der Waals surface area (Å²) in [6.45, 7) is 1.74. The first kappa shape index (κ1) is 21.3. The van der Waals surface area contributed by atoms with Crippen LogP contribution in [-0.2, 0) is 0 Å². The molecule has 0 aromatic carbocycles. The van der Waals surface area contributed by atoms with E-state index in [9.17, 15) is 19.5 Å². The summed E-state index contributed by atoms with van der Waals surface area (Å²) in [6, 6.07) is 0.681. The molecule has 1 aliphatic carbocycles. The predicted octanol–water partition coefficient (Wildman–Crippen LogP) is 0.624. The highest BCUT2D eigenvalue weighted by molar-refractivity contribution is 5.95. The van der Waals surface area contributed by atoms with E-state index in [4.69, 9.17) is 4.74 Å². The molecule has 0 aliphatic heterocycles. The van der Waals surface area contributed by atoms with E-state index in [-0.39, 0.29) is 41.7 Å². The number of ether oxygens (including phenoxy) is 1. The highest BCUT2D eigenvalue weighted by Gasteiger charge is 2.27. The SMILES string of the molecule is COc1nc(C(=O)NC(CNC(=O)c2[nH]nc(C)c2O)C2CCCCC2)cc(=O)[nH]1. The number of carbonyl (C=O) groups excluding carboxylic acids is 2. The molecule has 0 spiro atoms. The van der Waals surface area contributed by atoms with Crippen LogP contribution in [0.1, 0.15) is 58.8 Å². The van der Waals surface area contributed by atoms with Crippen molar-refractivity contribution in [3.63, 3.8) is 0 Å². The van der Waals surface area contributed by atoms with Crippen molar-refractivity contribution in [1.29, 1.82) is 0 Å². The first-order valence-electron chi connectivity index (χ1n) is 9.87. The maximum Gasteiger partial charge on any atom is 0.296 e. The molecule has 1 saturated carbocycles. The summed E-state index contributed by atoms with van der Waals surface area (Å²) in [7, 11) is 1.34. The fourth-order valence-corrected chi connectivity index (χ4v) is 3.64. The number of H-pyrrole nitrogens is 2. The van der Waals surface area contributed by atoms with E-state index in [0.717, 1.165) is 38.2 Å². The van der Waals surface area contributed by atoms with Crippen molar-refractivity contribution in [3.05, 3.63) is 33.5 Å². The molecule has 11 nitrogen and oxygen atoms in total. The number of amides is 2. The summed E-state index contributed by atoms with van der Waals surface area (Å²) in [5.41, 5.74) is -0.266. The molecule has 30 heavy (non-hydrogen) atoms. The van der Waals surface area contributed by atoms with Gasteiger partial charge in [-0.2, -0.15) is 10.1 Å². The Morgan fingerprint density at radius 1 is 1.30 bits per heavy atom. The van der Waals surface area contributed by atoms with Gasteiger partial charge < -0.3 is 20.5 Å². The van der Waals surface area contributed by atoms with Crippen LogP contribution in [0, 0.1) is 12.8 Å². The van der Waals surface area contributed by atoms with Crippen LogP contribution in [0.5, 0.6) is 11.8 Å². The molecule has 1 unspecified atom stereocenters. The zero-order valence-electron chi connectivity index (χ0n) is 16.9. The van der Waals surface area contributed by atoms with Gasteiger partial charge in [0.25, 0.3) is 23.4 Å². The van der Waals surface area contributed by atoms with Crippen LogP contribution in [0.2, 0.25) is 0 Å². The van der Waals surface area contributed by atoms with Crippen LogP contribution >= 0.6 is 0 Å². The second-order valence-corrected chi connectivity index (χ2v) is 7.36. The third-order valence-electron chi connectivity index (χ3n) is 5.31. The van der Waals surface area contributed by atoms with Gasteiger partial charge in [-0.25, -0.2) is 0 Å². The van der Waals surface area contributed by atoms with Crippen LogP contribution in [0.25, 0.3) is 0 Å². The molecule has 11 heteroatoms. The van der Waals surface area contributed by atoms with Gasteiger partial charge >= 0.3 is 0 Å². The van der Waals surface area contributed by atoms with Crippen LogP contribution in [0.3, 0.4) is 0 Å². The van der Waals surface area contributed by atoms with Crippen LogP contribution in [0.15, 0.2) is 10.9 Å². The van der Waals surface area contributed by atoms with E-state index in [0.29, 0.717) is 5.69 Å². The molecule has 2 aromatic heterocycles. The number of carbonyl (C=O) groups is 2. The molecule has 5 N–H and O–H groups in total. The lowest BCUT2D eigenvalue weighted by Gasteiger charge is -2.31. The maximum absolute atomic E-state index is 12.7. The predicted molar refractivity (Wildman–Crippen MR) is 107 cm³/mol. The van der Waals surface area contributed by atoms with Gasteiger partial charge in [-0.3, -0.25) is 24.5 Å². The summed E-state index contributed by atoms with van der Waals surface area (Å²) in [4.78, 5) is 43.2. The molecule has 0 saturated heterocycles. The Bertz CT molecular complexity index is 963. The molecular weight excluding hydrogens is 392 g/mol. The third-order valence-corrected chi connectivity index (χ3v) is 5.31. The van der Waals surface area contributed by atoms with Gasteiger partial charge in [0.2, 0.25) is 0 Å². The van der Waals surface area contributed by atoms with Gasteiger partial charge in [-0.15, -0.1) is 0 Å². The molecule has 162 valence electrons. The Kier molecular flexibility index (Phi) is 6.70. The summed E-state index contributed by atoms with van der Waals surface area (Å²) in [5.74, 6) is -1.07. The standard InChI is InChI=1S/C19H26N6O5/c1-10-16(27)15(25-24-10)18(29)20-9-13(11-6-4-3-5-7-11)21-17(28)12-8-14(26)23-19(22-12)30-2/h8,11,13,27H,3-7,9H2,1-2H3,(H,20,29)(H,21,28)(H,24,25)(H,22,23,26). The van der Waals surface area contributed by atoms with Crippen LogP contribution in [-0.4, -0.2) is 56.8 Å². The molecule has 3 rings (SSSR count). The van der Waals surface area contributed by atoms with Gasteiger partial charge in [0.05, 0.1) is 7.11 Å². The van der Waals surface area contributed by atoms with Crippen molar-refractivity contribution < 1.29 is 19.4 Å². The number of nitrogens with one attached hydrogen (secondary N) is 4. The fraction of sp³-hybridized carbons (Fsp3) is 0.526. The lowest BCUT2D eigenvalue weighted by molar-refractivity contribution is 0.0875. The maximum atomic E-state index is 12.7. The van der Waals surface area contributed by atoms with Gasteiger partial charge in [-0.05, 0) is 25.7 Å². The van der Waals surface area contributed by atoms with E-state index < -0.39 is 17.4 Å². The lowest BCUT2D eigenvalue weighted by atomic mass is 9.83. The topological polar surface area (TPSA) is 162 Å². The second-order valence-electron chi connectivity index (χ2n) is 7.36. The number of methoxy groups -OCH3 is 1. The van der Waals surface area contributed by atoms with Crippen LogP contribution in [0.4, 0.5) is 0 Å². The normalized spacial score (nSPS) is 15.4. The molecule has 1 aliphatic rings. The average Bonchev–Trinajstić information content (AvgIpc) is 3.09. The molecular formula is C19H26N6O5. The van der Waals surface area contributed by atoms with Crippen molar-refractivity contribution in [2.45, 2.75) is 45.1 Å². The molecule has 1 atom stereocenters. The van der Waals surface area contributed by atoms with E-state index in [2.05, 4.69) is 30.8 Å². The van der Waals surface area contributed by atoms with E-state index >= 15 is 0 Å². The zero-order chi connectivity index (χ0) is 21.7. The van der Waals surface area contributed by atoms with Crippen molar-refractivity contribution in [2.75, 3.05) is 13.7 Å². The Morgan fingerprint density at radius 3 is 2.67 bits per heavy atom. The second kappa shape index (κ2) is 9.42. The number of aryl methyl sites for hydroxylation is 1. The average molecular weight is 418 g/mol. The smallest absolute Gasteiger partial charge is 0.296 e. The molecule has 2 heterocycles. The highest BCUT2D eigenvalue weighted by Crippen LogP contribution is 2.26. The fourth-order valence-electron chi connectivity index (χ4n) is 3.64. The Hall–Kier alpha value is -3.37. The van der Waals surface area contributed by atoms with Gasteiger partial charge in [-0.1, -0.05) is 19.3 Å². The number of nitrogens with zero attached hydrogens (tertiary/aromatic N) is 2. The molecule has 2 amide bonds. The monoisotopic (exact) mass is 418 g/mol. The van der Waals surface area contributed by atoms with Gasteiger partial charge in [0, 0.05) is 18.7 Å². The molecule has 1 fully saturated rings. The minimum atomic E-state index is -0.524. The minimum Gasteiger partial charge on any atom is -0.504 e. The number of hydrogen-bond acceptors (Lipinski definition) is 7. The molecule has 0 radical (unpaired) electrons. The Labute approximate surface area is 172 Å². The van der Waals surface area contributed by atoms with Gasteiger partial charge in [0.15, 0.2) is 11.4 Å². The highest BCUT2D eigenvalue weighted by atomic mass is 16.5. The number of rotatable bonds is 7. The van der Waals surface area contributed by atoms with Crippen LogP contribution < -0.4 is 20.9 Å². The molecule has 0 bridgehead atoms. The number of aromatic nitrogens is 4. The summed E-state index contributed by atoms with van der Waals surface area (Å²) < 4.78 is 4.91. The Morgan fingerprint density at radius 2 is 2.03 bits per heavy atom. The van der Waals surface area contributed by atoms with Crippen molar-refractivity contribution >= 4 is 11.8 Å². The van der Waals surface area contributed by atoms with Gasteiger partial charge in [0.1, 0.15) is 11.4 Å². The van der Waals surface area contributed by atoms with Crippen molar-refractivity contribution in [3.8, 4) is 11.8 Å². The summed E-state index contributed by atoms with van der Waals surface area (Å²) in [6.07, 6.45) is 5.06. The lowest BCUT2D eigenvalue weighted by Crippen LogP contribution is -2.48. The third kappa shape index (κ3) is 4.97. The number of aromatic hydroxyl groups is 1. The van der Waals surface area contributed by atoms with E-state index in [1.54, 1.807) is 6.92 Å². The first-order chi connectivity index (χ1) is 14.4. The van der Waals surface area contributed by atoms with E-state index in [1.165, 1.54) is 7.11 Å². The van der Waals surface area contributed by atoms with Crippen molar-refractivity contribution in [1.82, 2.24) is 30.8 Å². The first-order valence-corrected chi connectivity index (χ1v) is 9.87.